The van der Waals surface area contributed by atoms with Gasteiger partial charge in [0.15, 0.2) is 0 Å². The fraction of sp³-hybridized carbons (Fsp3) is 0.154. The Morgan fingerprint density at radius 3 is 2.85 bits per heavy atom. The summed E-state index contributed by atoms with van der Waals surface area (Å²) >= 11 is 9.53. The molecule has 0 amide bonds. The minimum Gasteiger partial charge on any atom is -0.438 e. The van der Waals surface area contributed by atoms with Crippen molar-refractivity contribution in [2.75, 3.05) is 0 Å². The van der Waals surface area contributed by atoms with Gasteiger partial charge >= 0.3 is 0 Å². The summed E-state index contributed by atoms with van der Waals surface area (Å²) in [6.45, 7) is 3.80. The highest BCUT2D eigenvalue weighted by molar-refractivity contribution is 9.10. The number of hydrogen-bond donors (Lipinski definition) is 0. The van der Waals surface area contributed by atoms with Crippen LogP contribution in [-0.2, 0) is 0 Å². The third-order valence-corrected chi connectivity index (χ3v) is 3.76. The Balaban J connectivity index is 2.14. The van der Waals surface area contributed by atoms with Crippen LogP contribution in [0.2, 0.25) is 5.15 Å². The van der Waals surface area contributed by atoms with Gasteiger partial charge in [-0.3, -0.25) is 0 Å². The Labute approximate surface area is 128 Å². The van der Waals surface area contributed by atoms with E-state index in [9.17, 15) is 0 Å². The van der Waals surface area contributed by atoms with E-state index in [-0.39, 0.29) is 0 Å². The van der Waals surface area contributed by atoms with Gasteiger partial charge in [-0.1, -0.05) is 27.5 Å². The van der Waals surface area contributed by atoms with Gasteiger partial charge < -0.3 is 4.74 Å². The molecule has 0 bridgehead atoms. The summed E-state index contributed by atoms with van der Waals surface area (Å²) < 4.78 is 8.49. The molecule has 0 aliphatic heterocycles. The van der Waals surface area contributed by atoms with E-state index < -0.39 is 0 Å². The number of aromatic nitrogens is 4. The van der Waals surface area contributed by atoms with Crippen LogP contribution >= 0.6 is 27.5 Å². The van der Waals surface area contributed by atoms with Crippen molar-refractivity contribution in [3.8, 4) is 11.6 Å². The zero-order chi connectivity index (χ0) is 14.3. The Hall–Kier alpha value is -1.66. The van der Waals surface area contributed by atoms with E-state index in [0.717, 1.165) is 15.8 Å². The molecule has 0 atom stereocenters. The molecule has 0 fully saturated rings. The maximum absolute atomic E-state index is 6.10. The van der Waals surface area contributed by atoms with Crippen LogP contribution in [-0.4, -0.2) is 19.6 Å². The number of ether oxygens (including phenoxy) is 1. The van der Waals surface area contributed by atoms with Crippen LogP contribution in [0.4, 0.5) is 0 Å². The smallest absolute Gasteiger partial charge is 0.256 e. The first-order chi connectivity index (χ1) is 9.56. The van der Waals surface area contributed by atoms with E-state index in [1.54, 1.807) is 0 Å². The molecule has 0 radical (unpaired) electrons. The third kappa shape index (κ3) is 2.25. The average molecular weight is 354 g/mol. The van der Waals surface area contributed by atoms with E-state index in [1.165, 1.54) is 10.8 Å². The summed E-state index contributed by atoms with van der Waals surface area (Å²) in [5.41, 5.74) is 1.71. The summed E-state index contributed by atoms with van der Waals surface area (Å²) in [6, 6.07) is 5.78. The van der Waals surface area contributed by atoms with Crippen molar-refractivity contribution in [1.82, 2.24) is 19.6 Å². The van der Waals surface area contributed by atoms with Crippen LogP contribution < -0.4 is 4.74 Å². The summed E-state index contributed by atoms with van der Waals surface area (Å²) in [7, 11) is 0. The number of hydrogen-bond acceptors (Lipinski definition) is 4. The van der Waals surface area contributed by atoms with Crippen LogP contribution in [0.15, 0.2) is 29.0 Å². The van der Waals surface area contributed by atoms with Gasteiger partial charge in [0.2, 0.25) is 5.88 Å². The second-order valence-corrected chi connectivity index (χ2v) is 5.59. The van der Waals surface area contributed by atoms with Crippen molar-refractivity contribution >= 4 is 33.3 Å². The first kappa shape index (κ1) is 13.3. The van der Waals surface area contributed by atoms with Gasteiger partial charge in [0.1, 0.15) is 17.2 Å². The van der Waals surface area contributed by atoms with Gasteiger partial charge in [-0.2, -0.15) is 19.6 Å². The predicted octanol–water partition coefficient (Wildman–Crippen LogP) is 3.95. The maximum atomic E-state index is 6.10. The Morgan fingerprint density at radius 1 is 1.30 bits per heavy atom. The Morgan fingerprint density at radius 2 is 2.10 bits per heavy atom. The normalized spacial score (nSPS) is 11.0. The largest absolute Gasteiger partial charge is 0.438 e. The Kier molecular flexibility index (Phi) is 3.35. The summed E-state index contributed by atoms with van der Waals surface area (Å²) in [5.74, 6) is 1.66. The number of benzene rings is 1. The monoisotopic (exact) mass is 352 g/mol. The SMILES string of the molecule is Cc1cc(Br)ccc1Oc1c(C)c(Cl)nc2ncnn12. The number of fused-ring (bicyclic) bond motifs is 1. The van der Waals surface area contributed by atoms with Crippen molar-refractivity contribution in [3.63, 3.8) is 0 Å². The quantitative estimate of drug-likeness (QED) is 0.655. The van der Waals surface area contributed by atoms with Crippen LogP contribution in [0, 0.1) is 13.8 Å². The van der Waals surface area contributed by atoms with E-state index in [4.69, 9.17) is 16.3 Å². The fourth-order valence-electron chi connectivity index (χ4n) is 1.82. The topological polar surface area (TPSA) is 52.3 Å². The lowest BCUT2D eigenvalue weighted by atomic mass is 10.2. The highest BCUT2D eigenvalue weighted by Gasteiger charge is 2.15. The zero-order valence-corrected chi connectivity index (χ0v) is 13.1. The van der Waals surface area contributed by atoms with Gasteiger partial charge in [-0.15, -0.1) is 0 Å². The predicted molar refractivity (Wildman–Crippen MR) is 79.5 cm³/mol. The highest BCUT2D eigenvalue weighted by Crippen LogP contribution is 2.31. The molecule has 1 aromatic carbocycles. The molecule has 20 heavy (non-hydrogen) atoms. The minimum absolute atomic E-state index is 0.357. The first-order valence-corrected chi connectivity index (χ1v) is 7.03. The lowest BCUT2D eigenvalue weighted by Crippen LogP contribution is -2.02. The van der Waals surface area contributed by atoms with Crippen molar-refractivity contribution in [1.29, 1.82) is 0 Å². The highest BCUT2D eigenvalue weighted by atomic mass is 79.9. The molecule has 0 unspecified atom stereocenters. The molecule has 0 saturated heterocycles. The molecule has 5 nitrogen and oxygen atoms in total. The molecule has 0 spiro atoms. The van der Waals surface area contributed by atoms with Crippen molar-refractivity contribution < 1.29 is 4.74 Å². The van der Waals surface area contributed by atoms with Crippen LogP contribution in [0.1, 0.15) is 11.1 Å². The van der Waals surface area contributed by atoms with Crippen molar-refractivity contribution in [2.24, 2.45) is 0 Å². The number of halogens is 2. The number of rotatable bonds is 2. The second kappa shape index (κ2) is 5.03. The molecule has 0 saturated carbocycles. The van der Waals surface area contributed by atoms with E-state index in [2.05, 4.69) is 31.0 Å². The van der Waals surface area contributed by atoms with Crippen LogP contribution in [0.25, 0.3) is 5.78 Å². The molecule has 102 valence electrons. The molecule has 3 rings (SSSR count). The van der Waals surface area contributed by atoms with Crippen molar-refractivity contribution in [3.05, 3.63) is 45.3 Å². The van der Waals surface area contributed by atoms with Gasteiger partial charge in [0, 0.05) is 10.0 Å². The second-order valence-electron chi connectivity index (χ2n) is 4.32. The molecule has 7 heteroatoms. The molecule has 2 aromatic heterocycles. The number of aryl methyl sites for hydroxylation is 1. The molecule has 3 aromatic rings. The van der Waals surface area contributed by atoms with Gasteiger partial charge in [0.05, 0.1) is 0 Å². The van der Waals surface area contributed by atoms with Crippen molar-refractivity contribution in [2.45, 2.75) is 13.8 Å². The summed E-state index contributed by atoms with van der Waals surface area (Å²) in [6.07, 6.45) is 1.42. The van der Waals surface area contributed by atoms with E-state index in [0.29, 0.717) is 22.4 Å². The van der Waals surface area contributed by atoms with Gasteiger partial charge in [-0.25, -0.2) is 0 Å². The first-order valence-electron chi connectivity index (χ1n) is 5.86. The van der Waals surface area contributed by atoms with E-state index >= 15 is 0 Å². The Bertz CT molecular complexity index is 802. The average Bonchev–Trinajstić information content (AvgIpc) is 2.85. The standard InChI is InChI=1S/C13H10BrClN4O/c1-7-5-9(14)3-4-10(7)20-12-8(2)11(15)18-13-16-6-17-19(12)13/h3-6H,1-2H3. The van der Waals surface area contributed by atoms with Crippen LogP contribution in [0.5, 0.6) is 11.6 Å². The molecule has 0 aliphatic carbocycles. The molecule has 0 N–H and O–H groups in total. The van der Waals surface area contributed by atoms with E-state index in [1.807, 2.05) is 32.0 Å². The fourth-order valence-corrected chi connectivity index (χ4v) is 2.46. The third-order valence-electron chi connectivity index (χ3n) is 2.89. The lowest BCUT2D eigenvalue weighted by molar-refractivity contribution is 0.438. The van der Waals surface area contributed by atoms with Crippen LogP contribution in [0.3, 0.4) is 0 Å². The molecule has 0 aliphatic rings. The van der Waals surface area contributed by atoms with Gasteiger partial charge in [-0.05, 0) is 37.6 Å². The molecular weight excluding hydrogens is 344 g/mol. The van der Waals surface area contributed by atoms with Gasteiger partial charge in [0.25, 0.3) is 5.78 Å². The number of nitrogens with zero attached hydrogens (tertiary/aromatic N) is 4. The molecule has 2 heterocycles. The maximum Gasteiger partial charge on any atom is 0.256 e. The minimum atomic E-state index is 0.357. The summed E-state index contributed by atoms with van der Waals surface area (Å²) in [4.78, 5) is 8.17. The molecular formula is C13H10BrClN4O. The zero-order valence-electron chi connectivity index (χ0n) is 10.8. The lowest BCUT2D eigenvalue weighted by Gasteiger charge is -2.12. The summed E-state index contributed by atoms with van der Waals surface area (Å²) in [5, 5.41) is 4.47.